The van der Waals surface area contributed by atoms with Crippen LogP contribution in [0.15, 0.2) is 12.1 Å². The number of benzene rings is 1. The number of hydrogen-bond acceptors (Lipinski definition) is 3. The molecule has 108 valence electrons. The van der Waals surface area contributed by atoms with Crippen molar-refractivity contribution in [1.82, 2.24) is 4.72 Å². The minimum atomic E-state index is -3.22. The SMILES string of the molecule is COc1cc(C)c([C@H](C)NS(C)(=O)=O)cc1C(C)C. The van der Waals surface area contributed by atoms with Crippen LogP contribution in [0.1, 0.15) is 49.4 Å². The normalized spacial score (nSPS) is 13.6. The molecular weight excluding hydrogens is 262 g/mol. The van der Waals surface area contributed by atoms with Crippen molar-refractivity contribution in [2.45, 2.75) is 39.7 Å². The van der Waals surface area contributed by atoms with E-state index in [4.69, 9.17) is 4.74 Å². The third-order valence-corrected chi connectivity index (χ3v) is 3.88. The Bertz CT molecular complexity index is 550. The van der Waals surface area contributed by atoms with Crippen LogP contribution in [0.3, 0.4) is 0 Å². The number of hydrogen-bond donors (Lipinski definition) is 1. The third kappa shape index (κ3) is 4.21. The molecule has 0 fully saturated rings. The predicted molar refractivity (Wildman–Crippen MR) is 78.2 cm³/mol. The third-order valence-electron chi connectivity index (χ3n) is 3.10. The molecule has 0 heterocycles. The monoisotopic (exact) mass is 285 g/mol. The van der Waals surface area contributed by atoms with Crippen molar-refractivity contribution < 1.29 is 13.2 Å². The highest BCUT2D eigenvalue weighted by atomic mass is 32.2. The average Bonchev–Trinajstić information content (AvgIpc) is 2.25. The van der Waals surface area contributed by atoms with Crippen LogP contribution in [0.4, 0.5) is 0 Å². The van der Waals surface area contributed by atoms with Crippen LogP contribution in [0.25, 0.3) is 0 Å². The summed E-state index contributed by atoms with van der Waals surface area (Å²) in [5.74, 6) is 1.17. The molecule has 0 aliphatic heterocycles. The van der Waals surface area contributed by atoms with Crippen LogP contribution < -0.4 is 9.46 Å². The molecule has 1 aromatic carbocycles. The Kier molecular flexibility index (Phi) is 4.98. The van der Waals surface area contributed by atoms with Gasteiger partial charge < -0.3 is 4.74 Å². The van der Waals surface area contributed by atoms with Crippen molar-refractivity contribution in [3.8, 4) is 5.75 Å². The van der Waals surface area contributed by atoms with Gasteiger partial charge in [0.2, 0.25) is 10.0 Å². The highest BCUT2D eigenvalue weighted by molar-refractivity contribution is 7.88. The van der Waals surface area contributed by atoms with E-state index in [1.54, 1.807) is 7.11 Å². The van der Waals surface area contributed by atoms with Crippen molar-refractivity contribution >= 4 is 10.0 Å². The van der Waals surface area contributed by atoms with Gasteiger partial charge in [0.15, 0.2) is 0 Å². The van der Waals surface area contributed by atoms with Gasteiger partial charge in [-0.2, -0.15) is 0 Å². The van der Waals surface area contributed by atoms with Crippen molar-refractivity contribution in [3.63, 3.8) is 0 Å². The lowest BCUT2D eigenvalue weighted by Crippen LogP contribution is -2.26. The summed E-state index contributed by atoms with van der Waals surface area (Å²) >= 11 is 0. The molecule has 0 spiro atoms. The first-order valence-corrected chi connectivity index (χ1v) is 8.20. The summed E-state index contributed by atoms with van der Waals surface area (Å²) in [6.45, 7) is 7.99. The summed E-state index contributed by atoms with van der Waals surface area (Å²) in [7, 11) is -1.57. The molecule has 1 N–H and O–H groups in total. The fourth-order valence-electron chi connectivity index (χ4n) is 2.19. The second-order valence-electron chi connectivity index (χ2n) is 5.22. The van der Waals surface area contributed by atoms with Crippen LogP contribution in [0.2, 0.25) is 0 Å². The lowest BCUT2D eigenvalue weighted by molar-refractivity contribution is 0.406. The van der Waals surface area contributed by atoms with Crippen molar-refractivity contribution in [2.75, 3.05) is 13.4 Å². The fraction of sp³-hybridized carbons (Fsp3) is 0.571. The quantitative estimate of drug-likeness (QED) is 0.905. The molecular formula is C14H23NO3S. The van der Waals surface area contributed by atoms with E-state index in [9.17, 15) is 8.42 Å². The van der Waals surface area contributed by atoms with Gasteiger partial charge >= 0.3 is 0 Å². The molecule has 4 nitrogen and oxygen atoms in total. The van der Waals surface area contributed by atoms with Gasteiger partial charge in [-0.3, -0.25) is 0 Å². The Morgan fingerprint density at radius 2 is 1.74 bits per heavy atom. The number of nitrogens with one attached hydrogen (secondary N) is 1. The van der Waals surface area contributed by atoms with Crippen LogP contribution >= 0.6 is 0 Å². The molecule has 1 atom stereocenters. The summed E-state index contributed by atoms with van der Waals surface area (Å²) in [6, 6.07) is 3.74. The first-order chi connectivity index (χ1) is 8.65. The number of methoxy groups -OCH3 is 1. The largest absolute Gasteiger partial charge is 0.496 e. The second kappa shape index (κ2) is 5.92. The molecule has 0 saturated heterocycles. The zero-order valence-electron chi connectivity index (χ0n) is 12.4. The molecule has 1 aromatic rings. The lowest BCUT2D eigenvalue weighted by atomic mass is 9.94. The van der Waals surface area contributed by atoms with Crippen molar-refractivity contribution in [3.05, 3.63) is 28.8 Å². The topological polar surface area (TPSA) is 55.4 Å². The van der Waals surface area contributed by atoms with Gasteiger partial charge in [0, 0.05) is 6.04 Å². The Morgan fingerprint density at radius 3 is 2.16 bits per heavy atom. The van der Waals surface area contributed by atoms with Gasteiger partial charge in [-0.15, -0.1) is 0 Å². The summed E-state index contributed by atoms with van der Waals surface area (Å²) in [5.41, 5.74) is 3.09. The summed E-state index contributed by atoms with van der Waals surface area (Å²) < 4.78 is 30.7. The van der Waals surface area contributed by atoms with E-state index < -0.39 is 10.0 Å². The van der Waals surface area contributed by atoms with E-state index in [-0.39, 0.29) is 6.04 Å². The van der Waals surface area contributed by atoms with E-state index >= 15 is 0 Å². The number of aryl methyl sites for hydroxylation is 1. The van der Waals surface area contributed by atoms with Crippen molar-refractivity contribution in [2.24, 2.45) is 0 Å². The van der Waals surface area contributed by atoms with Crippen molar-refractivity contribution in [1.29, 1.82) is 0 Å². The molecule has 0 aliphatic carbocycles. The highest BCUT2D eigenvalue weighted by Gasteiger charge is 2.17. The second-order valence-corrected chi connectivity index (χ2v) is 7.00. The molecule has 5 heteroatoms. The smallest absolute Gasteiger partial charge is 0.209 e. The molecule has 0 aromatic heterocycles. The number of rotatable bonds is 5. The fourth-order valence-corrected chi connectivity index (χ4v) is 2.96. The minimum Gasteiger partial charge on any atom is -0.496 e. The van der Waals surface area contributed by atoms with Gasteiger partial charge in [-0.05, 0) is 48.6 Å². The maximum Gasteiger partial charge on any atom is 0.209 e. The minimum absolute atomic E-state index is 0.251. The van der Waals surface area contributed by atoms with Gasteiger partial charge in [-0.1, -0.05) is 13.8 Å². The summed E-state index contributed by atoms with van der Waals surface area (Å²) in [4.78, 5) is 0. The molecule has 0 amide bonds. The molecule has 0 bridgehead atoms. The Balaban J connectivity index is 3.25. The molecule has 0 radical (unpaired) electrons. The van der Waals surface area contributed by atoms with E-state index in [0.29, 0.717) is 5.92 Å². The summed E-state index contributed by atoms with van der Waals surface area (Å²) in [6.07, 6.45) is 1.17. The van der Waals surface area contributed by atoms with Crippen LogP contribution in [0.5, 0.6) is 5.75 Å². The first kappa shape index (κ1) is 16.0. The zero-order chi connectivity index (χ0) is 14.8. The van der Waals surface area contributed by atoms with Gasteiger partial charge in [0.05, 0.1) is 13.4 Å². The predicted octanol–water partition coefficient (Wildman–Crippen LogP) is 2.74. The molecule has 0 saturated carbocycles. The Labute approximate surface area is 116 Å². The van der Waals surface area contributed by atoms with E-state index in [1.165, 1.54) is 6.26 Å². The number of ether oxygens (including phenoxy) is 1. The van der Waals surface area contributed by atoms with Gasteiger partial charge in [-0.25, -0.2) is 13.1 Å². The van der Waals surface area contributed by atoms with E-state index in [2.05, 4.69) is 18.6 Å². The molecule has 1 rings (SSSR count). The Hall–Kier alpha value is -1.07. The van der Waals surface area contributed by atoms with Crippen LogP contribution in [0, 0.1) is 6.92 Å². The average molecular weight is 285 g/mol. The maximum absolute atomic E-state index is 11.3. The van der Waals surface area contributed by atoms with Crippen LogP contribution in [-0.4, -0.2) is 21.8 Å². The van der Waals surface area contributed by atoms with Gasteiger partial charge in [0.1, 0.15) is 5.75 Å². The molecule has 0 aliphatic rings. The highest BCUT2D eigenvalue weighted by Crippen LogP contribution is 2.32. The molecule has 0 unspecified atom stereocenters. The summed E-state index contributed by atoms with van der Waals surface area (Å²) in [5, 5.41) is 0. The van der Waals surface area contributed by atoms with Gasteiger partial charge in [0.25, 0.3) is 0 Å². The van der Waals surface area contributed by atoms with E-state index in [0.717, 1.165) is 22.4 Å². The zero-order valence-corrected chi connectivity index (χ0v) is 13.3. The first-order valence-electron chi connectivity index (χ1n) is 6.31. The molecule has 19 heavy (non-hydrogen) atoms. The van der Waals surface area contributed by atoms with E-state index in [1.807, 2.05) is 26.0 Å². The van der Waals surface area contributed by atoms with Crippen LogP contribution in [-0.2, 0) is 10.0 Å². The maximum atomic E-state index is 11.3. The lowest BCUT2D eigenvalue weighted by Gasteiger charge is -2.20. The Morgan fingerprint density at radius 1 is 1.16 bits per heavy atom. The standard InChI is InChI=1S/C14H23NO3S/c1-9(2)12-8-13(10(3)7-14(12)18-5)11(4)15-19(6,16)17/h7-9,11,15H,1-6H3/t11-/m0/s1. The number of sulfonamides is 1.